The molecule has 1 unspecified atom stereocenters. The second-order valence-electron chi connectivity index (χ2n) is 4.66. The normalized spacial score (nSPS) is 18.9. The van der Waals surface area contributed by atoms with Gasteiger partial charge in [-0.15, -0.1) is 3.89 Å². The van der Waals surface area contributed by atoms with Crippen LogP contribution in [0.4, 0.5) is 9.57 Å². The molecule has 0 aliphatic carbocycles. The number of nitrogens with one attached hydrogen (secondary N) is 1. The van der Waals surface area contributed by atoms with E-state index in [1.54, 1.807) is 0 Å². The molecule has 20 heavy (non-hydrogen) atoms. The lowest BCUT2D eigenvalue weighted by molar-refractivity contribution is -0.116. The molecule has 1 aromatic carbocycles. The van der Waals surface area contributed by atoms with Gasteiger partial charge in [-0.05, 0) is 31.4 Å². The summed E-state index contributed by atoms with van der Waals surface area (Å²) in [5.41, 5.74) is -0.0349. The summed E-state index contributed by atoms with van der Waals surface area (Å²) < 4.78 is 40.4. The number of carbonyl (C=O) groups is 1. The van der Waals surface area contributed by atoms with Crippen molar-refractivity contribution < 1.29 is 21.8 Å². The molecular weight excluding hydrogens is 285 g/mol. The molecule has 1 aliphatic rings. The fourth-order valence-corrected chi connectivity index (χ4v) is 2.78. The maximum Gasteiger partial charge on any atom is 0.334 e. The third-order valence-electron chi connectivity index (χ3n) is 3.14. The number of benzene rings is 1. The van der Waals surface area contributed by atoms with Gasteiger partial charge in [0.25, 0.3) is 0 Å². The third kappa shape index (κ3) is 4.01. The van der Waals surface area contributed by atoms with E-state index in [-0.39, 0.29) is 24.1 Å². The van der Waals surface area contributed by atoms with Crippen molar-refractivity contribution in [3.63, 3.8) is 0 Å². The molecule has 0 saturated carbocycles. The van der Waals surface area contributed by atoms with Crippen LogP contribution in [0.15, 0.2) is 29.2 Å². The van der Waals surface area contributed by atoms with E-state index in [4.69, 9.17) is 4.74 Å². The Morgan fingerprint density at radius 1 is 1.40 bits per heavy atom. The van der Waals surface area contributed by atoms with Gasteiger partial charge in [-0.1, -0.05) is 12.1 Å². The zero-order valence-corrected chi connectivity index (χ0v) is 11.7. The summed E-state index contributed by atoms with van der Waals surface area (Å²) in [5.74, 6) is -0.350. The number of ether oxygens (including phenoxy) is 1. The zero-order valence-electron chi connectivity index (χ0n) is 10.8. The van der Waals surface area contributed by atoms with Gasteiger partial charge in [0.15, 0.2) is 0 Å². The van der Waals surface area contributed by atoms with E-state index in [0.717, 1.165) is 25.5 Å². The van der Waals surface area contributed by atoms with Crippen molar-refractivity contribution in [2.75, 3.05) is 11.9 Å². The minimum atomic E-state index is -4.85. The maximum absolute atomic E-state index is 13.1. The molecule has 1 amide bonds. The second-order valence-corrected chi connectivity index (χ2v) is 5.97. The third-order valence-corrected chi connectivity index (χ3v) is 4.02. The van der Waals surface area contributed by atoms with Crippen LogP contribution in [-0.4, -0.2) is 27.0 Å². The number of rotatable bonds is 5. The first-order chi connectivity index (χ1) is 9.47. The molecule has 1 aromatic rings. The van der Waals surface area contributed by atoms with Gasteiger partial charge in [-0.3, -0.25) is 4.79 Å². The second kappa shape index (κ2) is 6.32. The highest BCUT2D eigenvalue weighted by Gasteiger charge is 2.20. The fourth-order valence-electron chi connectivity index (χ4n) is 2.16. The number of amides is 1. The first kappa shape index (κ1) is 14.9. The Labute approximate surface area is 117 Å². The van der Waals surface area contributed by atoms with Crippen LogP contribution < -0.4 is 5.32 Å². The standard InChI is InChI=1S/C13H16FNO4S/c14-20(17,18)12-6-2-1-5-11(12)15-13(16)8-7-10-4-3-9-19-10/h1-2,5-6,10H,3-4,7-9H2,(H,15,16). The SMILES string of the molecule is O=C(CCC1CCCO1)Nc1ccccc1S(=O)(=O)F. The molecule has 110 valence electrons. The molecule has 1 atom stereocenters. The smallest absolute Gasteiger partial charge is 0.334 e. The van der Waals surface area contributed by atoms with E-state index in [1.165, 1.54) is 18.2 Å². The van der Waals surface area contributed by atoms with Crippen molar-refractivity contribution >= 4 is 21.8 Å². The lowest BCUT2D eigenvalue weighted by Crippen LogP contribution is -2.16. The first-order valence-electron chi connectivity index (χ1n) is 6.42. The average Bonchev–Trinajstić information content (AvgIpc) is 2.89. The molecule has 0 spiro atoms. The van der Waals surface area contributed by atoms with E-state index in [2.05, 4.69) is 5.32 Å². The van der Waals surface area contributed by atoms with Gasteiger partial charge in [-0.25, -0.2) is 0 Å². The molecule has 0 aromatic heterocycles. The molecule has 5 nitrogen and oxygen atoms in total. The summed E-state index contributed by atoms with van der Waals surface area (Å²) in [4.78, 5) is 11.2. The summed E-state index contributed by atoms with van der Waals surface area (Å²) in [6.45, 7) is 0.717. The molecule has 1 saturated heterocycles. The molecular formula is C13H16FNO4S. The first-order valence-corrected chi connectivity index (χ1v) is 7.80. The monoisotopic (exact) mass is 301 g/mol. The number of hydrogen-bond donors (Lipinski definition) is 1. The Hall–Kier alpha value is -1.47. The molecule has 1 heterocycles. The van der Waals surface area contributed by atoms with Crippen molar-refractivity contribution in [2.24, 2.45) is 0 Å². The number of para-hydroxylation sites is 1. The number of halogens is 1. The van der Waals surface area contributed by atoms with Crippen LogP contribution in [0.1, 0.15) is 25.7 Å². The topological polar surface area (TPSA) is 72.5 Å². The molecule has 2 rings (SSSR count). The number of hydrogen-bond acceptors (Lipinski definition) is 4. The fraction of sp³-hybridized carbons (Fsp3) is 0.462. The summed E-state index contributed by atoms with van der Waals surface area (Å²) in [7, 11) is -4.85. The largest absolute Gasteiger partial charge is 0.378 e. The summed E-state index contributed by atoms with van der Waals surface area (Å²) >= 11 is 0. The molecule has 7 heteroatoms. The van der Waals surface area contributed by atoms with Crippen LogP contribution in [0.2, 0.25) is 0 Å². The van der Waals surface area contributed by atoms with Crippen LogP contribution in [0, 0.1) is 0 Å². The van der Waals surface area contributed by atoms with Crippen molar-refractivity contribution in [3.05, 3.63) is 24.3 Å². The zero-order chi connectivity index (χ0) is 14.6. The molecule has 0 radical (unpaired) electrons. The van der Waals surface area contributed by atoms with E-state index >= 15 is 0 Å². The van der Waals surface area contributed by atoms with Crippen LogP contribution in [0.5, 0.6) is 0 Å². The van der Waals surface area contributed by atoms with E-state index in [1.807, 2.05) is 0 Å². The highest BCUT2D eigenvalue weighted by atomic mass is 32.3. The van der Waals surface area contributed by atoms with Gasteiger partial charge >= 0.3 is 10.2 Å². The van der Waals surface area contributed by atoms with Gasteiger partial charge < -0.3 is 10.1 Å². The lowest BCUT2D eigenvalue weighted by Gasteiger charge is -2.10. The highest BCUT2D eigenvalue weighted by molar-refractivity contribution is 7.86. The van der Waals surface area contributed by atoms with E-state index in [9.17, 15) is 17.1 Å². The highest BCUT2D eigenvalue weighted by Crippen LogP contribution is 2.23. The lowest BCUT2D eigenvalue weighted by atomic mass is 10.1. The van der Waals surface area contributed by atoms with Crippen LogP contribution in [-0.2, 0) is 19.8 Å². The molecule has 1 N–H and O–H groups in total. The molecule has 0 bridgehead atoms. The van der Waals surface area contributed by atoms with Crippen LogP contribution in [0.25, 0.3) is 0 Å². The Balaban J connectivity index is 1.97. The predicted molar refractivity (Wildman–Crippen MR) is 71.6 cm³/mol. The van der Waals surface area contributed by atoms with Crippen LogP contribution in [0.3, 0.4) is 0 Å². The Bertz CT molecular complexity index is 582. The molecule has 1 aliphatic heterocycles. The van der Waals surface area contributed by atoms with Gasteiger partial charge in [-0.2, -0.15) is 8.42 Å². The van der Waals surface area contributed by atoms with Crippen molar-refractivity contribution in [1.82, 2.24) is 0 Å². The van der Waals surface area contributed by atoms with Gasteiger partial charge in [0.05, 0.1) is 11.8 Å². The van der Waals surface area contributed by atoms with Crippen molar-refractivity contribution in [2.45, 2.75) is 36.7 Å². The number of anilines is 1. The summed E-state index contributed by atoms with van der Waals surface area (Å²) in [5, 5.41) is 2.43. The van der Waals surface area contributed by atoms with Crippen molar-refractivity contribution in [3.8, 4) is 0 Å². The number of carbonyl (C=O) groups excluding carboxylic acids is 1. The van der Waals surface area contributed by atoms with Crippen LogP contribution >= 0.6 is 0 Å². The minimum absolute atomic E-state index is 0.0349. The van der Waals surface area contributed by atoms with Gasteiger partial charge in [0.2, 0.25) is 5.91 Å². The Kier molecular flexibility index (Phi) is 4.72. The van der Waals surface area contributed by atoms with Gasteiger partial charge in [0, 0.05) is 13.0 Å². The summed E-state index contributed by atoms with van der Waals surface area (Å²) in [6.07, 6.45) is 2.81. The van der Waals surface area contributed by atoms with E-state index in [0.29, 0.717) is 6.42 Å². The summed E-state index contributed by atoms with van der Waals surface area (Å²) in [6, 6.07) is 5.40. The van der Waals surface area contributed by atoms with Gasteiger partial charge in [0.1, 0.15) is 4.90 Å². The Morgan fingerprint density at radius 2 is 2.15 bits per heavy atom. The average molecular weight is 301 g/mol. The Morgan fingerprint density at radius 3 is 2.80 bits per heavy atom. The minimum Gasteiger partial charge on any atom is -0.378 e. The van der Waals surface area contributed by atoms with E-state index < -0.39 is 15.1 Å². The van der Waals surface area contributed by atoms with Crippen molar-refractivity contribution in [1.29, 1.82) is 0 Å². The maximum atomic E-state index is 13.1. The molecule has 1 fully saturated rings. The predicted octanol–water partition coefficient (Wildman–Crippen LogP) is 2.24. The quantitative estimate of drug-likeness (QED) is 0.847.